The van der Waals surface area contributed by atoms with E-state index in [0.29, 0.717) is 16.6 Å². The third-order valence-electron chi connectivity index (χ3n) is 3.36. The van der Waals surface area contributed by atoms with Gasteiger partial charge in [0.15, 0.2) is 0 Å². The molecule has 2 aromatic rings. The molecule has 0 saturated heterocycles. The van der Waals surface area contributed by atoms with Crippen molar-refractivity contribution in [1.82, 2.24) is 9.21 Å². The summed E-state index contributed by atoms with van der Waals surface area (Å²) in [6.07, 6.45) is 0. The molecule has 0 radical (unpaired) electrons. The standard InChI is InChI=1S/C16H20ClN3O3S2/c1-19(2)25(22,23)14-6-4-5-12(9-14)18-16(21)11-20(3)10-13-7-8-15(17)24-13/h4-9H,10-11H2,1-3H3,(H,18,21). The van der Waals surface area contributed by atoms with Gasteiger partial charge in [-0.3, -0.25) is 9.69 Å². The minimum atomic E-state index is -3.54. The van der Waals surface area contributed by atoms with Crippen LogP contribution in [0.1, 0.15) is 4.88 Å². The number of carbonyl (C=O) groups is 1. The molecule has 25 heavy (non-hydrogen) atoms. The molecule has 6 nitrogen and oxygen atoms in total. The van der Waals surface area contributed by atoms with Crippen LogP contribution in [-0.4, -0.2) is 51.2 Å². The van der Waals surface area contributed by atoms with Crippen molar-refractivity contribution in [3.05, 3.63) is 45.6 Å². The maximum atomic E-state index is 12.2. The average Bonchev–Trinajstić information content (AvgIpc) is 2.91. The number of sulfonamides is 1. The predicted molar refractivity (Wildman–Crippen MR) is 102 cm³/mol. The Morgan fingerprint density at radius 1 is 1.20 bits per heavy atom. The third-order valence-corrected chi connectivity index (χ3v) is 6.39. The number of halogens is 1. The first kappa shape index (κ1) is 19.9. The van der Waals surface area contributed by atoms with Crippen LogP contribution >= 0.6 is 22.9 Å². The first-order valence-corrected chi connectivity index (χ1v) is 10.1. The average molecular weight is 402 g/mol. The van der Waals surface area contributed by atoms with Gasteiger partial charge in [0.05, 0.1) is 15.8 Å². The number of rotatable bonds is 7. The van der Waals surface area contributed by atoms with Gasteiger partial charge in [0.2, 0.25) is 15.9 Å². The highest BCUT2D eigenvalue weighted by molar-refractivity contribution is 7.89. The van der Waals surface area contributed by atoms with Gasteiger partial charge in [0, 0.05) is 31.2 Å². The molecule has 0 aliphatic heterocycles. The number of likely N-dealkylation sites (N-methyl/N-ethyl adjacent to an activating group) is 1. The van der Waals surface area contributed by atoms with E-state index in [0.717, 1.165) is 9.18 Å². The molecule has 1 aromatic carbocycles. The molecule has 0 saturated carbocycles. The van der Waals surface area contributed by atoms with E-state index in [1.807, 2.05) is 24.1 Å². The molecule has 136 valence electrons. The summed E-state index contributed by atoms with van der Waals surface area (Å²) in [5.41, 5.74) is 0.445. The van der Waals surface area contributed by atoms with Crippen molar-refractivity contribution in [3.63, 3.8) is 0 Å². The molecule has 1 amide bonds. The van der Waals surface area contributed by atoms with Crippen molar-refractivity contribution < 1.29 is 13.2 Å². The van der Waals surface area contributed by atoms with Crippen LogP contribution in [0.25, 0.3) is 0 Å². The van der Waals surface area contributed by atoms with E-state index in [2.05, 4.69) is 5.32 Å². The molecule has 2 rings (SSSR count). The summed E-state index contributed by atoms with van der Waals surface area (Å²) in [6.45, 7) is 0.792. The third kappa shape index (κ3) is 5.52. The summed E-state index contributed by atoms with van der Waals surface area (Å²) in [5, 5.41) is 2.73. The first-order chi connectivity index (χ1) is 11.7. The van der Waals surface area contributed by atoms with Gasteiger partial charge in [-0.15, -0.1) is 11.3 Å². The number of hydrogen-bond acceptors (Lipinski definition) is 5. The Morgan fingerprint density at radius 3 is 2.52 bits per heavy atom. The second-order valence-corrected chi connectivity index (χ2v) is 9.69. The zero-order chi connectivity index (χ0) is 18.6. The van der Waals surface area contributed by atoms with Crippen LogP contribution < -0.4 is 5.32 Å². The SMILES string of the molecule is CN(CC(=O)Nc1cccc(S(=O)(=O)N(C)C)c1)Cc1ccc(Cl)s1. The van der Waals surface area contributed by atoms with Crippen LogP contribution in [0.2, 0.25) is 4.34 Å². The zero-order valence-corrected chi connectivity index (χ0v) is 16.6. The number of thiophene rings is 1. The molecule has 0 aliphatic rings. The van der Waals surface area contributed by atoms with E-state index in [1.54, 1.807) is 12.1 Å². The lowest BCUT2D eigenvalue weighted by Gasteiger charge is -2.16. The number of hydrogen-bond donors (Lipinski definition) is 1. The van der Waals surface area contributed by atoms with Crippen LogP contribution in [0.3, 0.4) is 0 Å². The van der Waals surface area contributed by atoms with E-state index >= 15 is 0 Å². The van der Waals surface area contributed by atoms with Crippen molar-refractivity contribution in [2.75, 3.05) is 33.0 Å². The zero-order valence-electron chi connectivity index (χ0n) is 14.2. The molecule has 0 bridgehead atoms. The van der Waals surface area contributed by atoms with Crippen LogP contribution in [-0.2, 0) is 21.4 Å². The Balaban J connectivity index is 1.98. The highest BCUT2D eigenvalue weighted by atomic mass is 35.5. The summed E-state index contributed by atoms with van der Waals surface area (Å²) in [4.78, 5) is 15.2. The number of amides is 1. The Labute approximate surface area is 157 Å². The lowest BCUT2D eigenvalue weighted by atomic mass is 10.3. The highest BCUT2D eigenvalue weighted by Gasteiger charge is 2.17. The van der Waals surface area contributed by atoms with Crippen LogP contribution in [0.5, 0.6) is 0 Å². The van der Waals surface area contributed by atoms with Gasteiger partial charge in [-0.25, -0.2) is 12.7 Å². The van der Waals surface area contributed by atoms with E-state index in [1.165, 1.54) is 37.6 Å². The number of benzene rings is 1. The summed E-state index contributed by atoms with van der Waals surface area (Å²) in [5.74, 6) is -0.218. The summed E-state index contributed by atoms with van der Waals surface area (Å²) in [6, 6.07) is 9.96. The Kier molecular flexibility index (Phi) is 6.59. The first-order valence-electron chi connectivity index (χ1n) is 7.43. The summed E-state index contributed by atoms with van der Waals surface area (Å²) >= 11 is 7.37. The van der Waals surface area contributed by atoms with Gasteiger partial charge in [-0.1, -0.05) is 17.7 Å². The molecule has 1 N–H and O–H groups in total. The Bertz CT molecular complexity index is 850. The van der Waals surface area contributed by atoms with Gasteiger partial charge in [-0.2, -0.15) is 0 Å². The van der Waals surface area contributed by atoms with E-state index in [4.69, 9.17) is 11.6 Å². The van der Waals surface area contributed by atoms with Crippen LogP contribution in [0, 0.1) is 0 Å². The minimum Gasteiger partial charge on any atom is -0.325 e. The summed E-state index contributed by atoms with van der Waals surface area (Å²) in [7, 11) is 1.23. The van der Waals surface area contributed by atoms with Gasteiger partial charge in [0.25, 0.3) is 0 Å². The highest BCUT2D eigenvalue weighted by Crippen LogP contribution is 2.22. The molecular weight excluding hydrogens is 382 g/mol. The van der Waals surface area contributed by atoms with Crippen LogP contribution in [0.15, 0.2) is 41.3 Å². The number of nitrogens with one attached hydrogen (secondary N) is 1. The smallest absolute Gasteiger partial charge is 0.242 e. The topological polar surface area (TPSA) is 69.7 Å². The quantitative estimate of drug-likeness (QED) is 0.774. The van der Waals surface area contributed by atoms with Gasteiger partial charge < -0.3 is 5.32 Å². The van der Waals surface area contributed by atoms with Crippen molar-refractivity contribution in [2.24, 2.45) is 0 Å². The van der Waals surface area contributed by atoms with Gasteiger partial charge >= 0.3 is 0 Å². The van der Waals surface area contributed by atoms with Crippen molar-refractivity contribution in [2.45, 2.75) is 11.4 Å². The number of nitrogens with zero attached hydrogens (tertiary/aromatic N) is 2. The molecule has 9 heteroatoms. The van der Waals surface area contributed by atoms with E-state index < -0.39 is 10.0 Å². The van der Waals surface area contributed by atoms with Crippen molar-refractivity contribution in [1.29, 1.82) is 0 Å². The number of anilines is 1. The maximum Gasteiger partial charge on any atom is 0.242 e. The fraction of sp³-hybridized carbons (Fsp3) is 0.312. The Morgan fingerprint density at radius 2 is 1.92 bits per heavy atom. The second-order valence-electron chi connectivity index (χ2n) is 5.74. The molecule has 0 atom stereocenters. The molecule has 0 spiro atoms. The van der Waals surface area contributed by atoms with E-state index in [-0.39, 0.29) is 17.3 Å². The number of carbonyl (C=O) groups excluding carboxylic acids is 1. The monoisotopic (exact) mass is 401 g/mol. The van der Waals surface area contributed by atoms with Gasteiger partial charge in [0.1, 0.15) is 0 Å². The normalized spacial score (nSPS) is 11.9. The summed E-state index contributed by atoms with van der Waals surface area (Å²) < 4.78 is 26.1. The molecular formula is C16H20ClN3O3S2. The predicted octanol–water partition coefficient (Wildman–Crippen LogP) is 2.72. The molecule has 0 aliphatic carbocycles. The van der Waals surface area contributed by atoms with Crippen LogP contribution in [0.4, 0.5) is 5.69 Å². The maximum absolute atomic E-state index is 12.2. The lowest BCUT2D eigenvalue weighted by Crippen LogP contribution is -2.29. The van der Waals surface area contributed by atoms with Crippen molar-refractivity contribution >= 4 is 44.6 Å². The second kappa shape index (κ2) is 8.29. The molecule has 0 fully saturated rings. The largest absolute Gasteiger partial charge is 0.325 e. The van der Waals surface area contributed by atoms with E-state index in [9.17, 15) is 13.2 Å². The van der Waals surface area contributed by atoms with Gasteiger partial charge in [-0.05, 0) is 37.4 Å². The molecule has 1 heterocycles. The Hall–Kier alpha value is -1.45. The minimum absolute atomic E-state index is 0.136. The molecule has 1 aromatic heterocycles. The van der Waals surface area contributed by atoms with Crippen molar-refractivity contribution in [3.8, 4) is 0 Å². The lowest BCUT2D eigenvalue weighted by molar-refractivity contribution is -0.117. The fourth-order valence-electron chi connectivity index (χ4n) is 2.15. The fourth-order valence-corrected chi connectivity index (χ4v) is 4.27. The molecule has 0 unspecified atom stereocenters.